The first-order chi connectivity index (χ1) is 10.0. The number of carbonyl (C=O) groups is 2. The smallest absolute Gasteiger partial charge is 0.310 e. The van der Waals surface area contributed by atoms with E-state index in [1.165, 1.54) is 24.7 Å². The van der Waals surface area contributed by atoms with Crippen molar-refractivity contribution in [1.29, 1.82) is 0 Å². The van der Waals surface area contributed by atoms with Crippen LogP contribution in [0.5, 0.6) is 0 Å². The molecule has 2 rings (SSSR count). The Balaban J connectivity index is 1.93. The maximum Gasteiger partial charge on any atom is 0.310 e. The van der Waals surface area contributed by atoms with Crippen LogP contribution in [0.1, 0.15) is 30.0 Å². The van der Waals surface area contributed by atoms with Crippen LogP contribution in [0.2, 0.25) is 0 Å². The zero-order chi connectivity index (χ0) is 15.4. The second-order valence-electron chi connectivity index (χ2n) is 5.83. The highest BCUT2D eigenvalue weighted by Gasteiger charge is 2.19. The third-order valence-electron chi connectivity index (χ3n) is 4.10. The average Bonchev–Trinajstić information content (AvgIpc) is 2.93. The molecule has 0 saturated carbocycles. The summed E-state index contributed by atoms with van der Waals surface area (Å²) >= 11 is 0. The Morgan fingerprint density at radius 2 is 2.00 bits per heavy atom. The number of nitrogens with zero attached hydrogens (tertiary/aromatic N) is 1. The molecule has 1 unspecified atom stereocenters. The Morgan fingerprint density at radius 1 is 1.29 bits per heavy atom. The summed E-state index contributed by atoms with van der Waals surface area (Å²) in [6, 6.07) is 6.33. The van der Waals surface area contributed by atoms with Crippen molar-refractivity contribution >= 4 is 11.9 Å². The molecular formula is C17H23NO3. The summed E-state index contributed by atoms with van der Waals surface area (Å²) in [4.78, 5) is 25.2. The van der Waals surface area contributed by atoms with Crippen molar-refractivity contribution in [3.05, 3.63) is 34.9 Å². The Hall–Kier alpha value is -1.84. The van der Waals surface area contributed by atoms with Crippen molar-refractivity contribution in [1.82, 2.24) is 4.90 Å². The molecule has 114 valence electrons. The first-order valence-corrected chi connectivity index (χ1v) is 7.43. The molecule has 0 aromatic heterocycles. The van der Waals surface area contributed by atoms with Crippen molar-refractivity contribution in [3.8, 4) is 0 Å². The molecule has 1 amide bonds. The summed E-state index contributed by atoms with van der Waals surface area (Å²) in [7, 11) is 3.10. The van der Waals surface area contributed by atoms with E-state index in [1.807, 2.05) is 6.07 Å². The first kappa shape index (κ1) is 15.5. The summed E-state index contributed by atoms with van der Waals surface area (Å²) in [6.07, 6.45) is 3.87. The van der Waals surface area contributed by atoms with Crippen LogP contribution in [0.15, 0.2) is 18.2 Å². The number of amides is 1. The number of hydrogen-bond acceptors (Lipinski definition) is 3. The Morgan fingerprint density at radius 3 is 2.71 bits per heavy atom. The Bertz CT molecular complexity index is 539. The molecule has 1 atom stereocenters. The quantitative estimate of drug-likeness (QED) is 0.779. The van der Waals surface area contributed by atoms with E-state index in [9.17, 15) is 9.59 Å². The fourth-order valence-corrected chi connectivity index (χ4v) is 2.83. The highest BCUT2D eigenvalue weighted by atomic mass is 16.5. The van der Waals surface area contributed by atoms with E-state index in [0.717, 1.165) is 18.4 Å². The molecule has 0 N–H and O–H groups in total. The van der Waals surface area contributed by atoms with Crippen LogP contribution in [-0.4, -0.2) is 37.5 Å². The predicted octanol–water partition coefficient (Wildman–Crippen LogP) is 1.99. The molecule has 0 fully saturated rings. The Labute approximate surface area is 126 Å². The van der Waals surface area contributed by atoms with Crippen LogP contribution in [0.3, 0.4) is 0 Å². The molecule has 21 heavy (non-hydrogen) atoms. The predicted molar refractivity (Wildman–Crippen MR) is 81.0 cm³/mol. The third kappa shape index (κ3) is 3.84. The fraction of sp³-hybridized carbons (Fsp3) is 0.529. The van der Waals surface area contributed by atoms with Crippen molar-refractivity contribution in [2.24, 2.45) is 5.92 Å². The van der Waals surface area contributed by atoms with Crippen LogP contribution in [-0.2, 0) is 33.6 Å². The van der Waals surface area contributed by atoms with Crippen molar-refractivity contribution < 1.29 is 14.3 Å². The number of fused-ring (bicyclic) bond motifs is 1. The molecular weight excluding hydrogens is 266 g/mol. The molecule has 4 nitrogen and oxygen atoms in total. The number of likely N-dealkylation sites (N-methyl/N-ethyl adjacent to an activating group) is 1. The molecule has 0 saturated heterocycles. The summed E-state index contributed by atoms with van der Waals surface area (Å²) < 4.78 is 4.68. The standard InChI is InChI=1S/C17H23NO3/c1-12(17(20)21-3)11-18(2)16(19)10-13-7-8-14-5-4-6-15(14)9-13/h7-9,12H,4-6,10-11H2,1-3H3. The number of aryl methyl sites for hydroxylation is 2. The summed E-state index contributed by atoms with van der Waals surface area (Å²) in [5.41, 5.74) is 3.85. The minimum atomic E-state index is -0.302. The van der Waals surface area contributed by atoms with Gasteiger partial charge in [-0.1, -0.05) is 25.1 Å². The van der Waals surface area contributed by atoms with E-state index in [4.69, 9.17) is 0 Å². The van der Waals surface area contributed by atoms with Gasteiger partial charge in [-0.05, 0) is 36.0 Å². The van der Waals surface area contributed by atoms with Gasteiger partial charge in [-0.25, -0.2) is 0 Å². The molecule has 4 heteroatoms. The average molecular weight is 289 g/mol. The first-order valence-electron chi connectivity index (χ1n) is 7.43. The van der Waals surface area contributed by atoms with Crippen LogP contribution in [0, 0.1) is 5.92 Å². The normalized spacial score (nSPS) is 14.4. The van der Waals surface area contributed by atoms with Crippen LogP contribution in [0.25, 0.3) is 0 Å². The minimum Gasteiger partial charge on any atom is -0.469 e. The van der Waals surface area contributed by atoms with Crippen molar-refractivity contribution in [2.75, 3.05) is 20.7 Å². The number of ether oxygens (including phenoxy) is 1. The van der Waals surface area contributed by atoms with E-state index < -0.39 is 0 Å². The monoisotopic (exact) mass is 289 g/mol. The highest BCUT2D eigenvalue weighted by molar-refractivity contribution is 5.79. The molecule has 0 spiro atoms. The highest BCUT2D eigenvalue weighted by Crippen LogP contribution is 2.23. The Kier molecular flexibility index (Phi) is 4.99. The van der Waals surface area contributed by atoms with Gasteiger partial charge in [0.15, 0.2) is 0 Å². The lowest BCUT2D eigenvalue weighted by molar-refractivity contribution is -0.146. The zero-order valence-electron chi connectivity index (χ0n) is 13.0. The number of hydrogen-bond donors (Lipinski definition) is 0. The van der Waals surface area contributed by atoms with Crippen LogP contribution < -0.4 is 0 Å². The zero-order valence-corrected chi connectivity index (χ0v) is 13.0. The minimum absolute atomic E-state index is 0.0312. The molecule has 1 aromatic carbocycles. The second-order valence-corrected chi connectivity index (χ2v) is 5.83. The lowest BCUT2D eigenvalue weighted by Crippen LogP contribution is -2.35. The lowest BCUT2D eigenvalue weighted by atomic mass is 10.0. The van der Waals surface area contributed by atoms with Gasteiger partial charge in [0.05, 0.1) is 19.4 Å². The van der Waals surface area contributed by atoms with Gasteiger partial charge in [0.25, 0.3) is 0 Å². The maximum absolute atomic E-state index is 12.2. The van der Waals surface area contributed by atoms with E-state index in [2.05, 4.69) is 16.9 Å². The van der Waals surface area contributed by atoms with Gasteiger partial charge in [-0.3, -0.25) is 9.59 Å². The van der Waals surface area contributed by atoms with Gasteiger partial charge < -0.3 is 9.64 Å². The molecule has 0 heterocycles. The van der Waals surface area contributed by atoms with Crippen molar-refractivity contribution in [2.45, 2.75) is 32.6 Å². The number of esters is 1. The van der Waals surface area contributed by atoms with Crippen molar-refractivity contribution in [3.63, 3.8) is 0 Å². The van der Waals surface area contributed by atoms with E-state index >= 15 is 0 Å². The SMILES string of the molecule is COC(=O)C(C)CN(C)C(=O)Cc1ccc2c(c1)CCC2. The van der Waals surface area contributed by atoms with E-state index in [1.54, 1.807) is 18.9 Å². The van der Waals surface area contributed by atoms with E-state index in [0.29, 0.717) is 13.0 Å². The van der Waals surface area contributed by atoms with Gasteiger partial charge in [-0.15, -0.1) is 0 Å². The maximum atomic E-state index is 12.2. The lowest BCUT2D eigenvalue weighted by Gasteiger charge is -2.20. The largest absolute Gasteiger partial charge is 0.469 e. The summed E-state index contributed by atoms with van der Waals surface area (Å²) in [5.74, 6) is -0.556. The van der Waals surface area contributed by atoms with Crippen LogP contribution >= 0.6 is 0 Å². The fourth-order valence-electron chi connectivity index (χ4n) is 2.83. The number of carbonyl (C=O) groups excluding carboxylic acids is 2. The molecule has 1 aliphatic carbocycles. The van der Waals surface area contributed by atoms with Gasteiger partial charge >= 0.3 is 5.97 Å². The molecule has 0 aliphatic heterocycles. The summed E-state index contributed by atoms with van der Waals surface area (Å²) in [5, 5.41) is 0. The van der Waals surface area contributed by atoms with Gasteiger partial charge in [0.2, 0.25) is 5.91 Å². The number of rotatable bonds is 5. The van der Waals surface area contributed by atoms with Gasteiger partial charge in [0, 0.05) is 13.6 Å². The van der Waals surface area contributed by atoms with Gasteiger partial charge in [-0.2, -0.15) is 0 Å². The molecule has 0 radical (unpaired) electrons. The van der Waals surface area contributed by atoms with Gasteiger partial charge in [0.1, 0.15) is 0 Å². The number of benzene rings is 1. The van der Waals surface area contributed by atoms with E-state index in [-0.39, 0.29) is 17.8 Å². The molecule has 0 bridgehead atoms. The van der Waals surface area contributed by atoms with Crippen LogP contribution in [0.4, 0.5) is 0 Å². The topological polar surface area (TPSA) is 46.6 Å². The molecule has 1 aromatic rings. The second kappa shape index (κ2) is 6.74. The number of methoxy groups -OCH3 is 1. The molecule has 1 aliphatic rings. The third-order valence-corrected chi connectivity index (χ3v) is 4.10. The summed E-state index contributed by atoms with van der Waals surface area (Å²) in [6.45, 7) is 2.15.